The summed E-state index contributed by atoms with van der Waals surface area (Å²) in [6.45, 7) is 51.8. The number of anilines is 1. The van der Waals surface area contributed by atoms with Gasteiger partial charge in [-0.3, -0.25) is 4.90 Å². The highest BCUT2D eigenvalue weighted by Gasteiger charge is 2.19. The van der Waals surface area contributed by atoms with Crippen LogP contribution < -0.4 is 37.3 Å². The summed E-state index contributed by atoms with van der Waals surface area (Å²) in [5, 5.41) is 19.4. The Morgan fingerprint density at radius 3 is 2.11 bits per heavy atom. The van der Waals surface area contributed by atoms with Crippen molar-refractivity contribution in [3.63, 3.8) is 0 Å². The highest BCUT2D eigenvalue weighted by Crippen LogP contribution is 2.30. The molecule has 1 saturated heterocycles. The maximum Gasteiger partial charge on any atom is 0.0523 e. The third kappa shape index (κ3) is 14.3. The van der Waals surface area contributed by atoms with Crippen LogP contribution in [0.15, 0.2) is 80.8 Å². The van der Waals surface area contributed by atoms with Crippen molar-refractivity contribution in [1.82, 2.24) is 40.6 Å². The van der Waals surface area contributed by atoms with Crippen molar-refractivity contribution in [2.45, 2.75) is 99.0 Å². The van der Waals surface area contributed by atoms with Crippen molar-refractivity contribution in [3.8, 4) is 0 Å². The van der Waals surface area contributed by atoms with E-state index in [0.717, 1.165) is 141 Å². The van der Waals surface area contributed by atoms with E-state index in [-0.39, 0.29) is 6.04 Å². The van der Waals surface area contributed by atoms with E-state index in [9.17, 15) is 0 Å². The second-order valence-corrected chi connectivity index (χ2v) is 17.7. The minimum Gasteiger partial charge on any atom is -0.392 e. The Morgan fingerprint density at radius 2 is 1.45 bits per heavy atom. The van der Waals surface area contributed by atoms with E-state index in [1.54, 1.807) is 6.20 Å². The molecule has 3 heterocycles. The highest BCUT2D eigenvalue weighted by molar-refractivity contribution is 5.87. The molecule has 1 aliphatic rings. The number of aryl methyl sites for hydroxylation is 2. The summed E-state index contributed by atoms with van der Waals surface area (Å²) in [5.41, 5.74) is 15.9. The van der Waals surface area contributed by atoms with Crippen LogP contribution in [0.4, 0.5) is 5.69 Å². The zero-order valence-electron chi connectivity index (χ0n) is 40.9. The van der Waals surface area contributed by atoms with Gasteiger partial charge in [-0.2, -0.15) is 0 Å². The summed E-state index contributed by atoms with van der Waals surface area (Å²) in [7, 11) is 1.92. The number of allylic oxidation sites excluding steroid dienone is 4. The number of aromatic amines is 1. The van der Waals surface area contributed by atoms with Crippen LogP contribution in [0.25, 0.3) is 36.2 Å². The molecule has 9 heteroatoms. The Kier molecular flexibility index (Phi) is 20.7. The zero-order valence-corrected chi connectivity index (χ0v) is 40.9. The van der Waals surface area contributed by atoms with Gasteiger partial charge in [-0.1, -0.05) is 82.5 Å². The van der Waals surface area contributed by atoms with Gasteiger partial charge >= 0.3 is 0 Å². The van der Waals surface area contributed by atoms with Crippen molar-refractivity contribution in [2.75, 3.05) is 71.3 Å². The smallest absolute Gasteiger partial charge is 0.0523 e. The molecule has 3 aromatic rings. The fourth-order valence-electron chi connectivity index (χ4n) is 9.00. The summed E-state index contributed by atoms with van der Waals surface area (Å²) in [6, 6.07) is 6.57. The molecule has 1 aromatic carbocycles. The largest absolute Gasteiger partial charge is 0.392 e. The van der Waals surface area contributed by atoms with Gasteiger partial charge in [0.2, 0.25) is 0 Å². The van der Waals surface area contributed by atoms with Crippen LogP contribution >= 0.6 is 0 Å². The number of nitrogens with zero attached hydrogens (tertiary/aromatic N) is 3. The lowest BCUT2D eigenvalue weighted by Gasteiger charge is -2.35. The van der Waals surface area contributed by atoms with Crippen molar-refractivity contribution in [2.24, 2.45) is 0 Å². The lowest BCUT2D eigenvalue weighted by atomic mass is 10.00. The number of benzene rings is 1. The molecule has 9 nitrogen and oxygen atoms in total. The molecule has 6 N–H and O–H groups in total. The maximum atomic E-state index is 4.50. The normalized spacial score (nSPS) is 14.2. The van der Waals surface area contributed by atoms with Crippen LogP contribution in [-0.2, 0) is 0 Å². The molecule has 0 amide bonds. The average molecular weight is 870 g/mol. The molecule has 0 bridgehead atoms. The van der Waals surface area contributed by atoms with Gasteiger partial charge in [0.25, 0.3) is 0 Å². The van der Waals surface area contributed by atoms with Crippen LogP contribution in [0.1, 0.15) is 116 Å². The molecule has 0 aliphatic carbocycles. The second-order valence-electron chi connectivity index (χ2n) is 17.7. The first-order chi connectivity index (χ1) is 30.7. The Hall–Kier alpha value is -5.38. The molecule has 1 unspecified atom stereocenters. The number of unbranched alkanes of at least 4 members (excludes halogenated alkanes) is 4. The SMILES string of the molecule is C=CNc1ccc(C)cc1/C(C)=C/c1[nH]c(C)c(C(=C)NCCCN2CCN(CC(=C)NCCCCCCCN/C(=C/C)c3c(C)c(=C)n(C(C=C)CCC(=C)NC)c3=C)CC2)c1C. The first-order valence-corrected chi connectivity index (χ1v) is 23.7. The predicted molar refractivity (Wildman–Crippen MR) is 281 cm³/mol. The number of hydrogen-bond acceptors (Lipinski definition) is 7. The first-order valence-electron chi connectivity index (χ1n) is 23.7. The van der Waals surface area contributed by atoms with E-state index in [4.69, 9.17) is 0 Å². The summed E-state index contributed by atoms with van der Waals surface area (Å²) in [5.74, 6) is 0. The summed E-state index contributed by atoms with van der Waals surface area (Å²) in [4.78, 5) is 8.73. The van der Waals surface area contributed by atoms with Gasteiger partial charge < -0.3 is 41.0 Å². The summed E-state index contributed by atoms with van der Waals surface area (Å²) in [6.07, 6.45) is 17.0. The Bertz CT molecular complexity index is 2220. The molecule has 64 heavy (non-hydrogen) atoms. The van der Waals surface area contributed by atoms with E-state index in [1.807, 2.05) is 13.1 Å². The standard InChI is InChI=1S/C55H83N9/c1-15-49(26-25-41(6)56-14)64-47(12)43(8)55(48(64)13)51(16-2)60-29-22-20-18-19-21-28-58-42(7)38-63-34-32-62(33-35-63)31-23-30-59-45(10)54-44(9)53(61-46(54)11)37-40(5)50-36-39(4)24-27-52(50)57-17-3/h15-17,24,27,36-37,49,56-61H,1,3,6-7,10,12-13,18-23,25-26,28-35,38H2,2,4-5,8-9,11,14H3/b40-37+,51-16+. The molecule has 0 radical (unpaired) electrons. The van der Waals surface area contributed by atoms with Crippen LogP contribution in [0.5, 0.6) is 0 Å². The quantitative estimate of drug-likeness (QED) is 0.0307. The fourth-order valence-corrected chi connectivity index (χ4v) is 9.00. The summed E-state index contributed by atoms with van der Waals surface area (Å²) >= 11 is 0. The molecule has 348 valence electrons. The summed E-state index contributed by atoms with van der Waals surface area (Å²) < 4.78 is 2.24. The van der Waals surface area contributed by atoms with Gasteiger partial charge in [0.15, 0.2) is 0 Å². The number of aromatic nitrogens is 2. The van der Waals surface area contributed by atoms with E-state index in [2.05, 4.69) is 164 Å². The van der Waals surface area contributed by atoms with Gasteiger partial charge in [-0.05, 0) is 121 Å². The van der Waals surface area contributed by atoms with Crippen LogP contribution in [0, 0.1) is 27.7 Å². The van der Waals surface area contributed by atoms with Gasteiger partial charge in [0.1, 0.15) is 0 Å². The highest BCUT2D eigenvalue weighted by atomic mass is 15.3. The number of hydrogen-bond donors (Lipinski definition) is 6. The second kappa shape index (κ2) is 25.8. The first kappa shape index (κ1) is 51.3. The monoisotopic (exact) mass is 870 g/mol. The number of nitrogens with one attached hydrogen (secondary N) is 6. The van der Waals surface area contributed by atoms with Gasteiger partial charge in [0.05, 0.1) is 6.04 Å². The molecule has 1 atom stereocenters. The van der Waals surface area contributed by atoms with E-state index < -0.39 is 0 Å². The third-order valence-corrected chi connectivity index (χ3v) is 12.8. The lowest BCUT2D eigenvalue weighted by molar-refractivity contribution is 0.138. The van der Waals surface area contributed by atoms with E-state index in [0.29, 0.717) is 0 Å². The molecule has 0 spiro atoms. The minimum atomic E-state index is 0.120. The van der Waals surface area contributed by atoms with Crippen LogP contribution in [0.2, 0.25) is 0 Å². The predicted octanol–water partition coefficient (Wildman–Crippen LogP) is 9.50. The molecular formula is C55H83N9. The Morgan fingerprint density at radius 1 is 0.797 bits per heavy atom. The van der Waals surface area contributed by atoms with E-state index in [1.165, 1.54) is 59.1 Å². The Balaban J connectivity index is 1.07. The number of rotatable bonds is 29. The van der Waals surface area contributed by atoms with Crippen molar-refractivity contribution in [1.29, 1.82) is 0 Å². The minimum absolute atomic E-state index is 0.120. The zero-order chi connectivity index (χ0) is 46.8. The Labute approximate surface area is 387 Å². The molecule has 0 saturated carbocycles. The molecular weight excluding hydrogens is 787 g/mol. The average Bonchev–Trinajstić information content (AvgIpc) is 3.68. The van der Waals surface area contributed by atoms with Crippen molar-refractivity contribution >= 4 is 41.9 Å². The third-order valence-electron chi connectivity index (χ3n) is 12.8. The molecule has 2 aromatic heterocycles. The molecule has 1 fully saturated rings. The maximum absolute atomic E-state index is 4.50. The van der Waals surface area contributed by atoms with Crippen LogP contribution in [0.3, 0.4) is 0 Å². The van der Waals surface area contributed by atoms with Gasteiger partial charge in [-0.15, -0.1) is 6.58 Å². The van der Waals surface area contributed by atoms with Gasteiger partial charge in [-0.25, -0.2) is 0 Å². The fraction of sp³-hybridized carbons (Fsp3) is 0.455. The lowest BCUT2D eigenvalue weighted by Crippen LogP contribution is -2.48. The number of H-pyrrole nitrogens is 1. The van der Waals surface area contributed by atoms with Gasteiger partial charge in [0, 0.05) is 127 Å². The molecule has 1 aliphatic heterocycles. The molecule has 4 rings (SSSR count). The van der Waals surface area contributed by atoms with Crippen LogP contribution in [-0.4, -0.2) is 85.3 Å². The van der Waals surface area contributed by atoms with Crippen molar-refractivity contribution < 1.29 is 0 Å². The topological polar surface area (TPSA) is 87.3 Å². The number of piperazine rings is 1. The van der Waals surface area contributed by atoms with E-state index >= 15 is 0 Å². The van der Waals surface area contributed by atoms with Crippen molar-refractivity contribution in [3.05, 3.63) is 136 Å².